The van der Waals surface area contributed by atoms with Crippen molar-refractivity contribution in [2.75, 3.05) is 19.6 Å². The number of rotatable bonds is 5. The van der Waals surface area contributed by atoms with Crippen molar-refractivity contribution in [1.82, 2.24) is 9.80 Å². The minimum absolute atomic E-state index is 0.0650. The Hall–Kier alpha value is -1.86. The molecule has 5 nitrogen and oxygen atoms in total. The molecule has 0 aromatic rings. The summed E-state index contributed by atoms with van der Waals surface area (Å²) in [7, 11) is 0. The SMILES string of the molecule is CC1=C(C(=O)C(F)(F)F)CCC(=O)N1CCCN1CCCC1=O. The van der Waals surface area contributed by atoms with Crippen LogP contribution in [0.3, 0.4) is 0 Å². The van der Waals surface area contributed by atoms with Crippen molar-refractivity contribution in [3.8, 4) is 0 Å². The summed E-state index contributed by atoms with van der Waals surface area (Å²) >= 11 is 0. The van der Waals surface area contributed by atoms with Crippen LogP contribution in [0, 0.1) is 0 Å². The third-order valence-corrected chi connectivity index (χ3v) is 4.24. The van der Waals surface area contributed by atoms with Crippen molar-refractivity contribution >= 4 is 17.6 Å². The van der Waals surface area contributed by atoms with Crippen LogP contribution in [0.5, 0.6) is 0 Å². The van der Waals surface area contributed by atoms with E-state index in [4.69, 9.17) is 0 Å². The lowest BCUT2D eigenvalue weighted by atomic mass is 9.97. The topological polar surface area (TPSA) is 57.7 Å². The monoisotopic (exact) mass is 332 g/mol. The summed E-state index contributed by atoms with van der Waals surface area (Å²) in [6.45, 7) is 2.73. The van der Waals surface area contributed by atoms with Crippen LogP contribution in [0.25, 0.3) is 0 Å². The van der Waals surface area contributed by atoms with Gasteiger partial charge in [-0.15, -0.1) is 0 Å². The fourth-order valence-corrected chi connectivity index (χ4v) is 3.00. The highest BCUT2D eigenvalue weighted by Gasteiger charge is 2.43. The Morgan fingerprint density at radius 2 is 1.78 bits per heavy atom. The Kier molecular flexibility index (Phi) is 5.11. The summed E-state index contributed by atoms with van der Waals surface area (Å²) in [5.74, 6) is -2.09. The van der Waals surface area contributed by atoms with Crippen LogP contribution in [0.1, 0.15) is 39.0 Å². The number of ketones is 1. The van der Waals surface area contributed by atoms with Crippen LogP contribution in [-0.4, -0.2) is 53.2 Å². The Bertz CT molecular complexity index is 555. The number of hydrogen-bond donors (Lipinski definition) is 0. The molecule has 0 aliphatic carbocycles. The summed E-state index contributed by atoms with van der Waals surface area (Å²) in [4.78, 5) is 37.8. The molecule has 0 aromatic heterocycles. The fourth-order valence-electron chi connectivity index (χ4n) is 3.00. The molecular formula is C15H19F3N2O3. The number of carbonyl (C=O) groups is 3. The molecule has 2 aliphatic heterocycles. The smallest absolute Gasteiger partial charge is 0.343 e. The molecule has 2 heterocycles. The second kappa shape index (κ2) is 6.72. The summed E-state index contributed by atoms with van der Waals surface area (Å²) in [5, 5.41) is 0. The molecule has 8 heteroatoms. The predicted molar refractivity (Wildman–Crippen MR) is 75.1 cm³/mol. The van der Waals surface area contributed by atoms with Gasteiger partial charge in [-0.25, -0.2) is 0 Å². The zero-order valence-electron chi connectivity index (χ0n) is 12.9. The summed E-state index contributed by atoms with van der Waals surface area (Å²) in [6, 6.07) is 0. The largest absolute Gasteiger partial charge is 0.454 e. The number of likely N-dealkylation sites (tertiary alicyclic amines) is 1. The normalized spacial score (nSPS) is 19.8. The van der Waals surface area contributed by atoms with Gasteiger partial charge in [0.05, 0.1) is 0 Å². The highest BCUT2D eigenvalue weighted by Crippen LogP contribution is 2.30. The Morgan fingerprint density at radius 3 is 2.35 bits per heavy atom. The molecule has 1 saturated heterocycles. The summed E-state index contributed by atoms with van der Waals surface area (Å²) in [6.07, 6.45) is -3.40. The molecule has 2 amide bonds. The molecular weight excluding hydrogens is 313 g/mol. The van der Waals surface area contributed by atoms with Crippen LogP contribution in [0.4, 0.5) is 13.2 Å². The average Bonchev–Trinajstić information content (AvgIpc) is 2.86. The van der Waals surface area contributed by atoms with Gasteiger partial charge in [-0.3, -0.25) is 14.4 Å². The van der Waals surface area contributed by atoms with Crippen LogP contribution in [0.2, 0.25) is 0 Å². The number of carbonyl (C=O) groups excluding carboxylic acids is 3. The lowest BCUT2D eigenvalue weighted by Gasteiger charge is -2.30. The van der Waals surface area contributed by atoms with E-state index in [2.05, 4.69) is 0 Å². The average molecular weight is 332 g/mol. The van der Waals surface area contributed by atoms with Crippen molar-refractivity contribution < 1.29 is 27.6 Å². The number of nitrogens with zero attached hydrogens (tertiary/aromatic N) is 2. The number of amides is 2. The first-order chi connectivity index (χ1) is 10.7. The van der Waals surface area contributed by atoms with Crippen molar-refractivity contribution in [2.24, 2.45) is 0 Å². The van der Waals surface area contributed by atoms with E-state index < -0.39 is 12.0 Å². The van der Waals surface area contributed by atoms with Crippen LogP contribution < -0.4 is 0 Å². The highest BCUT2D eigenvalue weighted by atomic mass is 19.4. The van der Waals surface area contributed by atoms with Gasteiger partial charge in [-0.05, 0) is 26.2 Å². The molecule has 2 aliphatic rings. The first kappa shape index (κ1) is 17.5. The van der Waals surface area contributed by atoms with Gasteiger partial charge < -0.3 is 9.80 Å². The van der Waals surface area contributed by atoms with Crippen molar-refractivity contribution in [2.45, 2.75) is 45.2 Å². The van der Waals surface area contributed by atoms with Gasteiger partial charge in [0, 0.05) is 43.7 Å². The van der Waals surface area contributed by atoms with E-state index in [0.717, 1.165) is 6.42 Å². The van der Waals surface area contributed by atoms with E-state index in [1.165, 1.54) is 11.8 Å². The standard InChI is InChI=1S/C15H19F3N2O3/c1-10-11(14(23)15(16,17)18)5-6-13(22)20(10)9-3-8-19-7-2-4-12(19)21/h2-9H2,1H3. The maximum Gasteiger partial charge on any atom is 0.454 e. The van der Waals surface area contributed by atoms with E-state index >= 15 is 0 Å². The van der Waals surface area contributed by atoms with Crippen LogP contribution in [0.15, 0.2) is 11.3 Å². The molecule has 23 heavy (non-hydrogen) atoms. The number of hydrogen-bond acceptors (Lipinski definition) is 3. The van der Waals surface area contributed by atoms with Gasteiger partial charge in [0.15, 0.2) is 0 Å². The molecule has 2 rings (SSSR count). The first-order valence-electron chi connectivity index (χ1n) is 7.61. The second-order valence-electron chi connectivity index (χ2n) is 5.77. The maximum absolute atomic E-state index is 12.6. The summed E-state index contributed by atoms with van der Waals surface area (Å²) < 4.78 is 37.8. The molecule has 0 atom stereocenters. The van der Waals surface area contributed by atoms with Gasteiger partial charge in [0.25, 0.3) is 5.78 Å². The van der Waals surface area contributed by atoms with E-state index in [1.807, 2.05) is 0 Å². The number of halogens is 3. The maximum atomic E-state index is 12.6. The molecule has 128 valence electrons. The van der Waals surface area contributed by atoms with Crippen molar-refractivity contribution in [3.05, 3.63) is 11.3 Å². The Morgan fingerprint density at radius 1 is 1.09 bits per heavy atom. The highest BCUT2D eigenvalue weighted by molar-refractivity contribution is 6.02. The fraction of sp³-hybridized carbons (Fsp3) is 0.667. The van der Waals surface area contributed by atoms with Crippen molar-refractivity contribution in [3.63, 3.8) is 0 Å². The molecule has 0 aromatic carbocycles. The number of allylic oxidation sites excluding steroid dienone is 2. The lowest BCUT2D eigenvalue weighted by molar-refractivity contribution is -0.167. The predicted octanol–water partition coefficient (Wildman–Crippen LogP) is 2.03. The van der Waals surface area contributed by atoms with Crippen LogP contribution >= 0.6 is 0 Å². The Labute approximate surface area is 132 Å². The molecule has 0 spiro atoms. The second-order valence-corrected chi connectivity index (χ2v) is 5.77. The van der Waals surface area contributed by atoms with Gasteiger partial charge in [0.1, 0.15) is 0 Å². The van der Waals surface area contributed by atoms with E-state index in [-0.39, 0.29) is 42.5 Å². The molecule has 0 N–H and O–H groups in total. The molecule has 0 bridgehead atoms. The van der Waals surface area contributed by atoms with Crippen molar-refractivity contribution in [1.29, 1.82) is 0 Å². The third kappa shape index (κ3) is 3.92. The van der Waals surface area contributed by atoms with Gasteiger partial charge in [-0.1, -0.05) is 0 Å². The number of alkyl halides is 3. The quantitative estimate of drug-likeness (QED) is 0.774. The third-order valence-electron chi connectivity index (χ3n) is 4.24. The van der Waals surface area contributed by atoms with Gasteiger partial charge in [-0.2, -0.15) is 13.2 Å². The molecule has 0 radical (unpaired) electrons. The zero-order valence-corrected chi connectivity index (χ0v) is 12.9. The minimum atomic E-state index is -4.93. The zero-order chi connectivity index (χ0) is 17.2. The minimum Gasteiger partial charge on any atom is -0.343 e. The Balaban J connectivity index is 2.02. The molecule has 0 unspecified atom stereocenters. The lowest BCUT2D eigenvalue weighted by Crippen LogP contribution is -2.39. The molecule has 1 fully saturated rings. The van der Waals surface area contributed by atoms with E-state index in [0.29, 0.717) is 25.9 Å². The van der Waals surface area contributed by atoms with E-state index in [9.17, 15) is 27.6 Å². The van der Waals surface area contributed by atoms with Gasteiger partial charge >= 0.3 is 6.18 Å². The number of Topliss-reactive ketones (excluding diaryl/α,β-unsaturated/α-hetero) is 1. The summed E-state index contributed by atoms with van der Waals surface area (Å²) in [5.41, 5.74) is -0.259. The van der Waals surface area contributed by atoms with E-state index in [1.54, 1.807) is 4.90 Å². The first-order valence-corrected chi connectivity index (χ1v) is 7.61. The molecule has 0 saturated carbocycles. The van der Waals surface area contributed by atoms with Crippen LogP contribution in [-0.2, 0) is 14.4 Å². The van der Waals surface area contributed by atoms with Gasteiger partial charge in [0.2, 0.25) is 11.8 Å².